The number of nitrogens with one attached hydrogen (secondary N) is 2. The second-order valence-corrected chi connectivity index (χ2v) is 8.65. The van der Waals surface area contributed by atoms with Crippen molar-refractivity contribution in [2.24, 2.45) is 10.9 Å². The first kappa shape index (κ1) is 21.5. The van der Waals surface area contributed by atoms with Gasteiger partial charge in [0.2, 0.25) is 0 Å². The highest BCUT2D eigenvalue weighted by molar-refractivity contribution is 5.79. The molecule has 6 nitrogen and oxygen atoms in total. The van der Waals surface area contributed by atoms with Crippen LogP contribution in [0, 0.1) is 5.92 Å². The van der Waals surface area contributed by atoms with Crippen molar-refractivity contribution in [3.63, 3.8) is 0 Å². The molecular weight excluding hydrogens is 326 g/mol. The molecule has 6 heteroatoms. The lowest BCUT2D eigenvalue weighted by Crippen LogP contribution is -2.57. The highest BCUT2D eigenvalue weighted by atomic mass is 16.5. The predicted molar refractivity (Wildman–Crippen MR) is 110 cm³/mol. The minimum Gasteiger partial charge on any atom is -0.379 e. The van der Waals surface area contributed by atoms with Gasteiger partial charge in [-0.3, -0.25) is 9.89 Å². The molecule has 2 fully saturated rings. The van der Waals surface area contributed by atoms with Gasteiger partial charge in [0.1, 0.15) is 0 Å². The third kappa shape index (κ3) is 6.39. The molecule has 0 bridgehead atoms. The number of guanidine groups is 1. The Morgan fingerprint density at radius 3 is 2.38 bits per heavy atom. The molecule has 0 aromatic rings. The van der Waals surface area contributed by atoms with E-state index in [0.717, 1.165) is 51.3 Å². The van der Waals surface area contributed by atoms with Gasteiger partial charge in [-0.05, 0) is 46.7 Å². The number of likely N-dealkylation sites (N-methyl/N-ethyl adjacent to an activating group) is 1. The zero-order chi connectivity index (χ0) is 19.0. The summed E-state index contributed by atoms with van der Waals surface area (Å²) in [6.45, 7) is 10.1. The number of hydrogen-bond donors (Lipinski definition) is 2. The van der Waals surface area contributed by atoms with Crippen LogP contribution in [0.3, 0.4) is 0 Å². The second kappa shape index (κ2) is 10.5. The van der Waals surface area contributed by atoms with E-state index < -0.39 is 0 Å². The fourth-order valence-corrected chi connectivity index (χ4v) is 4.29. The Hall–Kier alpha value is -0.850. The lowest BCUT2D eigenvalue weighted by Gasteiger charge is -2.41. The molecule has 0 aromatic heterocycles. The summed E-state index contributed by atoms with van der Waals surface area (Å²) in [5, 5.41) is 7.12. The van der Waals surface area contributed by atoms with Crippen LogP contribution in [0.1, 0.15) is 46.0 Å². The normalized spacial score (nSPS) is 22.5. The minimum absolute atomic E-state index is 0.0890. The average molecular weight is 368 g/mol. The van der Waals surface area contributed by atoms with Gasteiger partial charge in [-0.2, -0.15) is 0 Å². The zero-order valence-electron chi connectivity index (χ0n) is 17.7. The van der Waals surface area contributed by atoms with Crippen LogP contribution in [0.15, 0.2) is 4.99 Å². The highest BCUT2D eigenvalue weighted by Gasteiger charge is 2.29. The van der Waals surface area contributed by atoms with Crippen LogP contribution < -0.4 is 10.6 Å². The molecule has 1 atom stereocenters. The highest BCUT2D eigenvalue weighted by Crippen LogP contribution is 2.28. The van der Waals surface area contributed by atoms with E-state index in [0.29, 0.717) is 6.04 Å². The van der Waals surface area contributed by atoms with Crippen molar-refractivity contribution in [3.8, 4) is 0 Å². The summed E-state index contributed by atoms with van der Waals surface area (Å²) in [6, 6.07) is 0.570. The molecule has 1 aliphatic heterocycles. The van der Waals surface area contributed by atoms with Crippen LogP contribution in [0.2, 0.25) is 0 Å². The molecule has 1 heterocycles. The lowest BCUT2D eigenvalue weighted by molar-refractivity contribution is -0.00834. The molecule has 26 heavy (non-hydrogen) atoms. The maximum atomic E-state index is 5.48. The maximum Gasteiger partial charge on any atom is 0.191 e. The van der Waals surface area contributed by atoms with Gasteiger partial charge in [-0.25, -0.2) is 0 Å². The molecule has 1 unspecified atom stereocenters. The van der Waals surface area contributed by atoms with Crippen molar-refractivity contribution in [1.82, 2.24) is 20.4 Å². The Balaban J connectivity index is 1.81. The maximum absolute atomic E-state index is 5.48. The summed E-state index contributed by atoms with van der Waals surface area (Å²) in [7, 11) is 6.28. The van der Waals surface area contributed by atoms with E-state index in [2.05, 4.69) is 53.4 Å². The van der Waals surface area contributed by atoms with Gasteiger partial charge >= 0.3 is 0 Å². The van der Waals surface area contributed by atoms with E-state index in [1.54, 1.807) is 0 Å². The van der Waals surface area contributed by atoms with E-state index in [4.69, 9.17) is 4.74 Å². The van der Waals surface area contributed by atoms with E-state index >= 15 is 0 Å². The van der Waals surface area contributed by atoms with Crippen LogP contribution in [0.5, 0.6) is 0 Å². The summed E-state index contributed by atoms with van der Waals surface area (Å²) >= 11 is 0. The Morgan fingerprint density at radius 2 is 1.81 bits per heavy atom. The fraction of sp³-hybridized carbons (Fsp3) is 0.950. The molecule has 2 aliphatic rings. The molecule has 1 saturated carbocycles. The number of ether oxygens (including phenoxy) is 1. The predicted octanol–water partition coefficient (Wildman–Crippen LogP) is 1.77. The van der Waals surface area contributed by atoms with Crippen molar-refractivity contribution in [2.45, 2.75) is 57.5 Å². The van der Waals surface area contributed by atoms with Gasteiger partial charge in [0.15, 0.2) is 5.96 Å². The van der Waals surface area contributed by atoms with Crippen LogP contribution in [0.25, 0.3) is 0 Å². The minimum atomic E-state index is 0.0890. The second-order valence-electron chi connectivity index (χ2n) is 8.65. The van der Waals surface area contributed by atoms with E-state index in [9.17, 15) is 0 Å². The zero-order valence-corrected chi connectivity index (χ0v) is 17.7. The van der Waals surface area contributed by atoms with Crippen LogP contribution >= 0.6 is 0 Å². The number of aliphatic imine (C=N–C) groups is 1. The molecule has 2 rings (SSSR count). The molecule has 0 aromatic carbocycles. The van der Waals surface area contributed by atoms with Gasteiger partial charge in [-0.15, -0.1) is 0 Å². The Kier molecular flexibility index (Phi) is 8.64. The summed E-state index contributed by atoms with van der Waals surface area (Å²) < 4.78 is 5.48. The van der Waals surface area contributed by atoms with Gasteiger partial charge in [-0.1, -0.05) is 19.3 Å². The number of hydrogen-bond acceptors (Lipinski definition) is 4. The summed E-state index contributed by atoms with van der Waals surface area (Å²) in [4.78, 5) is 9.33. The third-order valence-electron chi connectivity index (χ3n) is 6.12. The van der Waals surface area contributed by atoms with E-state index in [-0.39, 0.29) is 5.54 Å². The summed E-state index contributed by atoms with van der Waals surface area (Å²) in [6.07, 6.45) is 6.90. The van der Waals surface area contributed by atoms with Gasteiger partial charge < -0.3 is 20.3 Å². The Bertz CT molecular complexity index is 426. The number of rotatable bonds is 7. The standard InChI is InChI=1S/C20H41N5O/c1-20(2,25-11-13-26-14-12-25)16-23-19(21-3)22-15-18(24(4)5)17-9-7-6-8-10-17/h17-18H,6-16H2,1-5H3,(H2,21,22,23). The molecule has 0 radical (unpaired) electrons. The van der Waals surface area contributed by atoms with Crippen LogP contribution in [-0.4, -0.2) is 87.9 Å². The topological polar surface area (TPSA) is 52.1 Å². The fourth-order valence-electron chi connectivity index (χ4n) is 4.29. The molecule has 1 saturated heterocycles. The quantitative estimate of drug-likeness (QED) is 0.531. The Labute approximate surface area is 160 Å². The third-order valence-corrected chi connectivity index (χ3v) is 6.12. The van der Waals surface area contributed by atoms with Crippen LogP contribution in [0.4, 0.5) is 0 Å². The molecule has 0 amide bonds. The van der Waals surface area contributed by atoms with Crippen molar-refractivity contribution in [3.05, 3.63) is 0 Å². The summed E-state index contributed by atoms with van der Waals surface area (Å²) in [5.41, 5.74) is 0.0890. The summed E-state index contributed by atoms with van der Waals surface area (Å²) in [5.74, 6) is 1.71. The first-order valence-corrected chi connectivity index (χ1v) is 10.4. The monoisotopic (exact) mass is 367 g/mol. The first-order valence-electron chi connectivity index (χ1n) is 10.4. The van der Waals surface area contributed by atoms with Crippen LogP contribution in [-0.2, 0) is 4.74 Å². The lowest BCUT2D eigenvalue weighted by atomic mass is 9.83. The average Bonchev–Trinajstić information content (AvgIpc) is 2.65. The van der Waals surface area contributed by atoms with Gasteiger partial charge in [0.05, 0.1) is 13.2 Å². The van der Waals surface area contributed by atoms with E-state index in [1.807, 2.05) is 7.05 Å². The van der Waals surface area contributed by atoms with Crippen molar-refractivity contribution in [2.75, 3.05) is 60.5 Å². The molecular formula is C20H41N5O. The number of morpholine rings is 1. The van der Waals surface area contributed by atoms with Gasteiger partial charge in [0, 0.05) is 44.8 Å². The van der Waals surface area contributed by atoms with E-state index in [1.165, 1.54) is 32.1 Å². The Morgan fingerprint density at radius 1 is 1.15 bits per heavy atom. The first-order chi connectivity index (χ1) is 12.4. The SMILES string of the molecule is CN=C(NCC(C1CCCCC1)N(C)C)NCC(C)(C)N1CCOCC1. The largest absolute Gasteiger partial charge is 0.379 e. The molecule has 1 aliphatic carbocycles. The number of nitrogens with zero attached hydrogens (tertiary/aromatic N) is 3. The molecule has 0 spiro atoms. The van der Waals surface area contributed by atoms with Crippen molar-refractivity contribution < 1.29 is 4.74 Å². The van der Waals surface area contributed by atoms with Crippen molar-refractivity contribution >= 4 is 5.96 Å². The molecule has 152 valence electrons. The molecule has 2 N–H and O–H groups in total. The smallest absolute Gasteiger partial charge is 0.191 e. The van der Waals surface area contributed by atoms with Gasteiger partial charge in [0.25, 0.3) is 0 Å². The van der Waals surface area contributed by atoms with Crippen molar-refractivity contribution in [1.29, 1.82) is 0 Å².